The number of para-hydroxylation sites is 1. The van der Waals surface area contributed by atoms with E-state index < -0.39 is 5.91 Å². The molecule has 1 aromatic heterocycles. The number of anilines is 1. The summed E-state index contributed by atoms with van der Waals surface area (Å²) in [6, 6.07) is 14.2. The molecule has 1 heterocycles. The maximum Gasteiger partial charge on any atom is 0.248 e. The molecule has 0 bridgehead atoms. The fourth-order valence-corrected chi connectivity index (χ4v) is 2.64. The topological polar surface area (TPSA) is 116 Å². The predicted octanol–water partition coefficient (Wildman–Crippen LogP) is 2.20. The zero-order valence-electron chi connectivity index (χ0n) is 15.1. The van der Waals surface area contributed by atoms with Gasteiger partial charge in [-0.3, -0.25) is 9.59 Å². The highest BCUT2D eigenvalue weighted by Crippen LogP contribution is 2.23. The average Bonchev–Trinajstić information content (AvgIpc) is 3.10. The van der Waals surface area contributed by atoms with Crippen LogP contribution in [0.2, 0.25) is 0 Å². The van der Waals surface area contributed by atoms with Gasteiger partial charge in [0, 0.05) is 16.8 Å². The number of tetrazole rings is 1. The summed E-state index contributed by atoms with van der Waals surface area (Å²) in [5.41, 5.74) is 8.14. The molecule has 3 N–H and O–H groups in total. The van der Waals surface area contributed by atoms with Crippen LogP contribution in [0, 0.1) is 0 Å². The third-order valence-electron chi connectivity index (χ3n) is 4.02. The van der Waals surface area contributed by atoms with Crippen LogP contribution in [-0.2, 0) is 11.3 Å². The molecular formula is C19H20N6O2. The first-order valence-corrected chi connectivity index (χ1v) is 8.51. The normalized spacial score (nSPS) is 10.8. The predicted molar refractivity (Wildman–Crippen MR) is 101 cm³/mol. The lowest BCUT2D eigenvalue weighted by atomic mass is 10.0. The summed E-state index contributed by atoms with van der Waals surface area (Å²) in [5, 5.41) is 15.0. The summed E-state index contributed by atoms with van der Waals surface area (Å²) in [4.78, 5) is 24.7. The first kappa shape index (κ1) is 18.2. The van der Waals surface area contributed by atoms with Crippen molar-refractivity contribution in [3.63, 3.8) is 0 Å². The van der Waals surface area contributed by atoms with Crippen molar-refractivity contribution in [2.24, 2.45) is 5.73 Å². The van der Waals surface area contributed by atoms with E-state index in [2.05, 4.69) is 34.6 Å². The van der Waals surface area contributed by atoms with Crippen molar-refractivity contribution in [3.05, 3.63) is 59.7 Å². The largest absolute Gasteiger partial charge is 0.366 e. The highest BCUT2D eigenvalue weighted by Gasteiger charge is 2.12. The Hall–Kier alpha value is -3.55. The smallest absolute Gasteiger partial charge is 0.248 e. The maximum atomic E-state index is 12.3. The molecule has 0 aliphatic rings. The number of rotatable bonds is 6. The molecule has 2 amide bonds. The second-order valence-electron chi connectivity index (χ2n) is 6.38. The van der Waals surface area contributed by atoms with Gasteiger partial charge in [0.15, 0.2) is 0 Å². The highest BCUT2D eigenvalue weighted by atomic mass is 16.2. The van der Waals surface area contributed by atoms with E-state index in [1.807, 2.05) is 24.3 Å². The first-order valence-electron chi connectivity index (χ1n) is 8.51. The molecule has 0 aliphatic heterocycles. The Bertz CT molecular complexity index is 962. The van der Waals surface area contributed by atoms with Gasteiger partial charge in [0.25, 0.3) is 0 Å². The molecule has 0 saturated carbocycles. The van der Waals surface area contributed by atoms with Crippen LogP contribution >= 0.6 is 0 Å². The standard InChI is InChI=1S/C19H20N6O2/c1-12(2)15-5-3-4-6-16(15)21-17(26)11-25-23-19(22-24-25)14-9-7-13(8-10-14)18(20)27/h3-10,12H,11H2,1-2H3,(H2,20,27)(H,21,26). The fourth-order valence-electron chi connectivity index (χ4n) is 2.64. The van der Waals surface area contributed by atoms with E-state index in [0.717, 1.165) is 11.3 Å². The molecule has 0 spiro atoms. The van der Waals surface area contributed by atoms with Gasteiger partial charge in [-0.15, -0.1) is 10.2 Å². The van der Waals surface area contributed by atoms with Gasteiger partial charge in [0.1, 0.15) is 6.54 Å². The van der Waals surface area contributed by atoms with Crippen LogP contribution < -0.4 is 11.1 Å². The van der Waals surface area contributed by atoms with Crippen molar-refractivity contribution in [1.29, 1.82) is 0 Å². The monoisotopic (exact) mass is 364 g/mol. The van der Waals surface area contributed by atoms with E-state index in [9.17, 15) is 9.59 Å². The van der Waals surface area contributed by atoms with Gasteiger partial charge in [0.05, 0.1) is 0 Å². The molecule has 0 unspecified atom stereocenters. The minimum Gasteiger partial charge on any atom is -0.366 e. The zero-order chi connectivity index (χ0) is 19.4. The molecule has 3 aromatic rings. The van der Waals surface area contributed by atoms with Crippen molar-refractivity contribution in [2.45, 2.75) is 26.3 Å². The van der Waals surface area contributed by atoms with Crippen LogP contribution in [0.3, 0.4) is 0 Å². The van der Waals surface area contributed by atoms with Gasteiger partial charge in [-0.05, 0) is 34.9 Å². The fraction of sp³-hybridized carbons (Fsp3) is 0.211. The minimum absolute atomic E-state index is 0.0567. The van der Waals surface area contributed by atoms with Gasteiger partial charge in [-0.1, -0.05) is 44.2 Å². The number of nitrogens with zero attached hydrogens (tertiary/aromatic N) is 4. The first-order chi connectivity index (χ1) is 12.9. The van der Waals surface area contributed by atoms with E-state index in [1.54, 1.807) is 24.3 Å². The summed E-state index contributed by atoms with van der Waals surface area (Å²) < 4.78 is 0. The Kier molecular flexibility index (Phi) is 5.25. The van der Waals surface area contributed by atoms with Crippen molar-refractivity contribution < 1.29 is 9.59 Å². The number of hydrogen-bond donors (Lipinski definition) is 2. The Morgan fingerprint density at radius 1 is 1.11 bits per heavy atom. The molecule has 27 heavy (non-hydrogen) atoms. The molecule has 2 aromatic carbocycles. The molecule has 138 valence electrons. The lowest BCUT2D eigenvalue weighted by molar-refractivity contribution is -0.117. The second kappa shape index (κ2) is 7.77. The lowest BCUT2D eigenvalue weighted by Gasteiger charge is -2.13. The number of amides is 2. The minimum atomic E-state index is -0.503. The Balaban J connectivity index is 1.69. The van der Waals surface area contributed by atoms with Crippen molar-refractivity contribution in [2.75, 3.05) is 5.32 Å². The second-order valence-corrected chi connectivity index (χ2v) is 6.38. The quantitative estimate of drug-likeness (QED) is 0.695. The average molecular weight is 364 g/mol. The third-order valence-corrected chi connectivity index (χ3v) is 4.02. The van der Waals surface area contributed by atoms with E-state index >= 15 is 0 Å². The van der Waals surface area contributed by atoms with Gasteiger partial charge in [-0.25, -0.2) is 0 Å². The van der Waals surface area contributed by atoms with Crippen LogP contribution in [0.5, 0.6) is 0 Å². The number of carbonyl (C=O) groups excluding carboxylic acids is 2. The van der Waals surface area contributed by atoms with Crippen LogP contribution in [0.15, 0.2) is 48.5 Å². The van der Waals surface area contributed by atoms with E-state index in [-0.39, 0.29) is 12.5 Å². The molecule has 8 nitrogen and oxygen atoms in total. The molecule has 0 aliphatic carbocycles. The Labute approximate surface area is 156 Å². The summed E-state index contributed by atoms with van der Waals surface area (Å²) in [6.45, 7) is 4.08. The molecule has 3 rings (SSSR count). The summed E-state index contributed by atoms with van der Waals surface area (Å²) in [6.07, 6.45) is 0. The Morgan fingerprint density at radius 3 is 2.48 bits per heavy atom. The number of aromatic nitrogens is 4. The molecule has 0 atom stereocenters. The maximum absolute atomic E-state index is 12.3. The molecule has 0 fully saturated rings. The van der Waals surface area contributed by atoms with Gasteiger partial charge >= 0.3 is 0 Å². The highest BCUT2D eigenvalue weighted by molar-refractivity contribution is 5.93. The van der Waals surface area contributed by atoms with Crippen molar-refractivity contribution in [3.8, 4) is 11.4 Å². The van der Waals surface area contributed by atoms with Crippen LogP contribution in [0.4, 0.5) is 5.69 Å². The Morgan fingerprint density at radius 2 is 1.81 bits per heavy atom. The molecule has 0 radical (unpaired) electrons. The van der Waals surface area contributed by atoms with Crippen molar-refractivity contribution >= 4 is 17.5 Å². The zero-order valence-corrected chi connectivity index (χ0v) is 15.1. The van der Waals surface area contributed by atoms with E-state index in [1.165, 1.54) is 4.80 Å². The summed E-state index contributed by atoms with van der Waals surface area (Å²) >= 11 is 0. The number of hydrogen-bond acceptors (Lipinski definition) is 5. The SMILES string of the molecule is CC(C)c1ccccc1NC(=O)Cn1nnc(-c2ccc(C(N)=O)cc2)n1. The van der Waals surface area contributed by atoms with E-state index in [0.29, 0.717) is 22.9 Å². The van der Waals surface area contributed by atoms with Crippen LogP contribution in [-0.4, -0.2) is 32.0 Å². The summed E-state index contributed by atoms with van der Waals surface area (Å²) in [5.74, 6) is -0.0880. The van der Waals surface area contributed by atoms with Crippen LogP contribution in [0.1, 0.15) is 35.7 Å². The number of carbonyl (C=O) groups is 2. The number of nitrogens with one attached hydrogen (secondary N) is 1. The van der Waals surface area contributed by atoms with Gasteiger partial charge in [-0.2, -0.15) is 4.80 Å². The number of primary amides is 1. The molecule has 8 heteroatoms. The van der Waals surface area contributed by atoms with Crippen LogP contribution in [0.25, 0.3) is 11.4 Å². The summed E-state index contributed by atoms with van der Waals surface area (Å²) in [7, 11) is 0. The van der Waals surface area contributed by atoms with E-state index in [4.69, 9.17) is 5.73 Å². The van der Waals surface area contributed by atoms with Gasteiger partial charge in [0.2, 0.25) is 17.6 Å². The number of benzene rings is 2. The van der Waals surface area contributed by atoms with Gasteiger partial charge < -0.3 is 11.1 Å². The third kappa shape index (κ3) is 4.35. The lowest BCUT2D eigenvalue weighted by Crippen LogP contribution is -2.21. The molecule has 0 saturated heterocycles. The number of nitrogens with two attached hydrogens (primary N) is 1. The van der Waals surface area contributed by atoms with Crippen molar-refractivity contribution in [1.82, 2.24) is 20.2 Å². The molecular weight excluding hydrogens is 344 g/mol.